The van der Waals surface area contributed by atoms with Gasteiger partial charge in [-0.3, -0.25) is 0 Å². The third-order valence-electron chi connectivity index (χ3n) is 5.71. The highest BCUT2D eigenvalue weighted by molar-refractivity contribution is 5.74. The summed E-state index contributed by atoms with van der Waals surface area (Å²) in [5.41, 5.74) is -0.852. The maximum atomic E-state index is 12.3. The summed E-state index contributed by atoms with van der Waals surface area (Å²) in [5, 5.41) is 24.9. The van der Waals surface area contributed by atoms with Gasteiger partial charge in [0, 0.05) is 19.5 Å². The van der Waals surface area contributed by atoms with Crippen LogP contribution >= 0.6 is 0 Å². The van der Waals surface area contributed by atoms with Crippen LogP contribution in [0.1, 0.15) is 76.5 Å². The summed E-state index contributed by atoms with van der Waals surface area (Å²) in [6.07, 6.45) is 8.90. The molecule has 0 saturated heterocycles. The molecule has 7 heteroatoms. The Bertz CT molecular complexity index is 592. The SMILES string of the molecule is CC(NC(=O)NCC(C)(O)C1CCCCC1)c1nnc2n1CCCC2. The second-order valence-corrected chi connectivity index (χ2v) is 7.82. The first kappa shape index (κ1) is 18.2. The molecule has 2 unspecified atom stereocenters. The van der Waals surface area contributed by atoms with E-state index in [1.807, 2.05) is 13.8 Å². The van der Waals surface area contributed by atoms with Gasteiger partial charge in [0.15, 0.2) is 5.82 Å². The van der Waals surface area contributed by atoms with Crippen molar-refractivity contribution in [3.8, 4) is 0 Å². The smallest absolute Gasteiger partial charge is 0.315 e. The van der Waals surface area contributed by atoms with Gasteiger partial charge < -0.3 is 20.3 Å². The molecule has 1 aromatic heterocycles. The predicted octanol–water partition coefficient (Wildman–Crippen LogP) is 2.31. The number of fused-ring (bicyclic) bond motifs is 1. The van der Waals surface area contributed by atoms with Gasteiger partial charge in [-0.2, -0.15) is 0 Å². The van der Waals surface area contributed by atoms with E-state index < -0.39 is 5.60 Å². The highest BCUT2D eigenvalue weighted by Crippen LogP contribution is 2.32. The maximum absolute atomic E-state index is 12.3. The Morgan fingerprint density at radius 1 is 1.28 bits per heavy atom. The van der Waals surface area contributed by atoms with E-state index in [4.69, 9.17) is 0 Å². The Labute approximate surface area is 149 Å². The number of nitrogens with one attached hydrogen (secondary N) is 2. The van der Waals surface area contributed by atoms with Gasteiger partial charge in [0.1, 0.15) is 5.82 Å². The number of nitrogens with zero attached hydrogens (tertiary/aromatic N) is 3. The Morgan fingerprint density at radius 3 is 2.80 bits per heavy atom. The minimum absolute atomic E-state index is 0.209. The van der Waals surface area contributed by atoms with Crippen molar-refractivity contribution in [1.82, 2.24) is 25.4 Å². The monoisotopic (exact) mass is 349 g/mol. The van der Waals surface area contributed by atoms with Crippen LogP contribution in [-0.4, -0.2) is 38.0 Å². The van der Waals surface area contributed by atoms with Gasteiger partial charge in [-0.25, -0.2) is 4.79 Å². The topological polar surface area (TPSA) is 92.1 Å². The lowest BCUT2D eigenvalue weighted by atomic mass is 9.78. The first-order chi connectivity index (χ1) is 12.0. The summed E-state index contributed by atoms with van der Waals surface area (Å²) >= 11 is 0. The van der Waals surface area contributed by atoms with E-state index in [1.165, 1.54) is 19.3 Å². The van der Waals surface area contributed by atoms with E-state index in [1.54, 1.807) is 0 Å². The van der Waals surface area contributed by atoms with Gasteiger partial charge in [0.25, 0.3) is 0 Å². The normalized spacial score (nSPS) is 21.9. The molecule has 0 radical (unpaired) electrons. The fourth-order valence-corrected chi connectivity index (χ4v) is 4.09. The van der Waals surface area contributed by atoms with Crippen LogP contribution in [0.4, 0.5) is 4.79 Å². The molecule has 1 fully saturated rings. The molecular weight excluding hydrogens is 318 g/mol. The van der Waals surface area contributed by atoms with Gasteiger partial charge in [0.2, 0.25) is 0 Å². The second kappa shape index (κ2) is 7.72. The Balaban J connectivity index is 1.51. The van der Waals surface area contributed by atoms with E-state index in [9.17, 15) is 9.90 Å². The molecular formula is C18H31N5O2. The van der Waals surface area contributed by atoms with Crippen molar-refractivity contribution in [3.63, 3.8) is 0 Å². The lowest BCUT2D eigenvalue weighted by molar-refractivity contribution is -0.0131. The second-order valence-electron chi connectivity index (χ2n) is 7.82. The van der Waals surface area contributed by atoms with Gasteiger partial charge in [0.05, 0.1) is 11.6 Å². The molecule has 2 atom stereocenters. The van der Waals surface area contributed by atoms with Crippen molar-refractivity contribution in [1.29, 1.82) is 0 Å². The number of rotatable bonds is 5. The first-order valence-corrected chi connectivity index (χ1v) is 9.66. The molecule has 3 N–H and O–H groups in total. The van der Waals surface area contributed by atoms with E-state index >= 15 is 0 Å². The first-order valence-electron chi connectivity index (χ1n) is 9.66. The molecule has 3 rings (SSSR count). The number of carbonyl (C=O) groups is 1. The number of hydrogen-bond acceptors (Lipinski definition) is 4. The van der Waals surface area contributed by atoms with Crippen molar-refractivity contribution >= 4 is 6.03 Å². The van der Waals surface area contributed by atoms with Gasteiger partial charge in [-0.1, -0.05) is 19.3 Å². The van der Waals surface area contributed by atoms with Crippen molar-refractivity contribution in [2.75, 3.05) is 6.54 Å². The molecule has 1 aliphatic carbocycles. The maximum Gasteiger partial charge on any atom is 0.315 e. The minimum atomic E-state index is -0.852. The molecule has 2 heterocycles. The van der Waals surface area contributed by atoms with E-state index in [2.05, 4.69) is 25.4 Å². The number of amides is 2. The van der Waals surface area contributed by atoms with Crippen molar-refractivity contribution in [3.05, 3.63) is 11.6 Å². The van der Waals surface area contributed by atoms with Crippen LogP contribution in [0.15, 0.2) is 0 Å². The van der Waals surface area contributed by atoms with Gasteiger partial charge in [-0.15, -0.1) is 10.2 Å². The molecule has 0 spiro atoms. The average molecular weight is 349 g/mol. The van der Waals surface area contributed by atoms with Crippen LogP contribution in [0.25, 0.3) is 0 Å². The highest BCUT2D eigenvalue weighted by atomic mass is 16.3. The van der Waals surface area contributed by atoms with Crippen LogP contribution < -0.4 is 10.6 Å². The molecule has 2 aliphatic rings. The van der Waals surface area contributed by atoms with Crippen molar-refractivity contribution in [2.45, 2.75) is 83.4 Å². The molecule has 2 amide bonds. The van der Waals surface area contributed by atoms with Crippen LogP contribution in [0.3, 0.4) is 0 Å². The van der Waals surface area contributed by atoms with E-state index in [0.29, 0.717) is 0 Å². The zero-order valence-electron chi connectivity index (χ0n) is 15.4. The summed E-state index contributed by atoms with van der Waals surface area (Å²) in [6, 6.07) is -0.476. The number of urea groups is 1. The fourth-order valence-electron chi connectivity index (χ4n) is 4.09. The lowest BCUT2D eigenvalue weighted by Gasteiger charge is -2.35. The zero-order valence-corrected chi connectivity index (χ0v) is 15.4. The summed E-state index contributed by atoms with van der Waals surface area (Å²) in [4.78, 5) is 12.3. The Morgan fingerprint density at radius 2 is 2.04 bits per heavy atom. The summed E-state index contributed by atoms with van der Waals surface area (Å²) in [7, 11) is 0. The van der Waals surface area contributed by atoms with Crippen molar-refractivity contribution in [2.24, 2.45) is 5.92 Å². The fraction of sp³-hybridized carbons (Fsp3) is 0.833. The highest BCUT2D eigenvalue weighted by Gasteiger charge is 2.33. The molecule has 25 heavy (non-hydrogen) atoms. The number of aliphatic hydroxyl groups is 1. The summed E-state index contributed by atoms with van der Waals surface area (Å²) in [6.45, 7) is 4.95. The van der Waals surface area contributed by atoms with E-state index in [-0.39, 0.29) is 24.5 Å². The Kier molecular flexibility index (Phi) is 5.61. The third kappa shape index (κ3) is 4.32. The van der Waals surface area contributed by atoms with Crippen molar-refractivity contribution < 1.29 is 9.90 Å². The van der Waals surface area contributed by atoms with Crippen LogP contribution in [0, 0.1) is 5.92 Å². The summed E-state index contributed by atoms with van der Waals surface area (Å²) in [5.74, 6) is 2.09. The van der Waals surface area contributed by atoms with E-state index in [0.717, 1.165) is 50.3 Å². The van der Waals surface area contributed by atoms with Crippen LogP contribution in [0.2, 0.25) is 0 Å². The molecule has 140 valence electrons. The number of carbonyl (C=O) groups excluding carboxylic acids is 1. The molecule has 0 aromatic carbocycles. The zero-order chi connectivity index (χ0) is 17.9. The molecule has 0 bridgehead atoms. The number of hydrogen-bond donors (Lipinski definition) is 3. The summed E-state index contributed by atoms with van der Waals surface area (Å²) < 4.78 is 2.12. The number of aryl methyl sites for hydroxylation is 1. The van der Waals surface area contributed by atoms with Crippen LogP contribution in [0.5, 0.6) is 0 Å². The van der Waals surface area contributed by atoms with Crippen LogP contribution in [-0.2, 0) is 13.0 Å². The Hall–Kier alpha value is -1.63. The predicted molar refractivity (Wildman–Crippen MR) is 95.1 cm³/mol. The third-order valence-corrected chi connectivity index (χ3v) is 5.71. The molecule has 7 nitrogen and oxygen atoms in total. The molecule has 1 aliphatic heterocycles. The molecule has 1 saturated carbocycles. The standard InChI is InChI=1S/C18H31N5O2/c1-13(16-22-21-15-10-6-7-11-23(15)16)20-17(24)19-12-18(2,25)14-8-4-3-5-9-14/h13-14,25H,3-12H2,1-2H3,(H2,19,20,24). The lowest BCUT2D eigenvalue weighted by Crippen LogP contribution is -2.49. The molecule has 1 aromatic rings. The average Bonchev–Trinajstić information content (AvgIpc) is 3.05. The largest absolute Gasteiger partial charge is 0.388 e. The number of aromatic nitrogens is 3. The minimum Gasteiger partial charge on any atom is -0.388 e. The quantitative estimate of drug-likeness (QED) is 0.760. The van der Waals surface area contributed by atoms with Gasteiger partial charge >= 0.3 is 6.03 Å². The van der Waals surface area contributed by atoms with Gasteiger partial charge in [-0.05, 0) is 45.4 Å².